The van der Waals surface area contributed by atoms with Gasteiger partial charge in [0.1, 0.15) is 18.0 Å². The molecule has 5 nitrogen and oxygen atoms in total. The van der Waals surface area contributed by atoms with Gasteiger partial charge in [-0.25, -0.2) is 4.79 Å². The summed E-state index contributed by atoms with van der Waals surface area (Å²) in [6.45, 7) is 11.2. The van der Waals surface area contributed by atoms with Gasteiger partial charge in [0, 0.05) is 18.0 Å². The van der Waals surface area contributed by atoms with Crippen LogP contribution < -0.4 is 5.43 Å². The van der Waals surface area contributed by atoms with Crippen LogP contribution in [-0.4, -0.2) is 37.1 Å². The van der Waals surface area contributed by atoms with E-state index in [1.165, 1.54) is 11.1 Å². The molecule has 1 saturated carbocycles. The zero-order valence-electron chi connectivity index (χ0n) is 20.7. The number of rotatable bonds is 10. The lowest BCUT2D eigenvalue weighted by Crippen LogP contribution is -2.27. The molecule has 2 atom stereocenters. The van der Waals surface area contributed by atoms with Gasteiger partial charge in [0.25, 0.3) is 0 Å². The third kappa shape index (κ3) is 4.95. The molecule has 0 aliphatic heterocycles. The van der Waals surface area contributed by atoms with Gasteiger partial charge >= 0.3 is 5.97 Å². The van der Waals surface area contributed by atoms with E-state index in [0.29, 0.717) is 42.0 Å². The average Bonchev–Trinajstić information content (AvgIpc) is 3.64. The van der Waals surface area contributed by atoms with Gasteiger partial charge in [-0.2, -0.15) is 0 Å². The molecule has 1 fully saturated rings. The second kappa shape index (κ2) is 10.6. The molecule has 1 aromatic heterocycles. The van der Waals surface area contributed by atoms with Gasteiger partial charge in [0.2, 0.25) is 0 Å². The van der Waals surface area contributed by atoms with Crippen molar-refractivity contribution in [2.75, 3.05) is 26.2 Å². The molecule has 2 unspecified atom stereocenters. The van der Waals surface area contributed by atoms with Gasteiger partial charge in [-0.05, 0) is 68.1 Å². The summed E-state index contributed by atoms with van der Waals surface area (Å²) in [6.07, 6.45) is 2.52. The summed E-state index contributed by atoms with van der Waals surface area (Å²) in [6, 6.07) is 13.5. The summed E-state index contributed by atoms with van der Waals surface area (Å²) >= 11 is 0. The Morgan fingerprint density at radius 2 is 1.85 bits per heavy atom. The number of benzene rings is 2. The number of likely N-dealkylation sites (N-methyl/N-ethyl adjacent to an activating group) is 1. The molecule has 180 valence electrons. The molecule has 4 rings (SSSR count). The minimum absolute atomic E-state index is 0.0219. The van der Waals surface area contributed by atoms with Crippen molar-refractivity contribution in [2.24, 2.45) is 0 Å². The maximum Gasteiger partial charge on any atom is 0.338 e. The number of ether oxygens (including phenoxy) is 1. The van der Waals surface area contributed by atoms with E-state index in [-0.39, 0.29) is 11.3 Å². The number of fused-ring (bicyclic) bond motifs is 1. The summed E-state index contributed by atoms with van der Waals surface area (Å²) in [4.78, 5) is 28.3. The Balaban J connectivity index is 1.61. The van der Waals surface area contributed by atoms with Crippen molar-refractivity contribution >= 4 is 16.9 Å². The van der Waals surface area contributed by atoms with Gasteiger partial charge in [-0.3, -0.25) is 4.79 Å². The van der Waals surface area contributed by atoms with Crippen LogP contribution in [0.1, 0.15) is 78.3 Å². The zero-order valence-corrected chi connectivity index (χ0v) is 20.7. The Morgan fingerprint density at radius 1 is 1.09 bits per heavy atom. The Labute approximate surface area is 201 Å². The van der Waals surface area contributed by atoms with Crippen LogP contribution in [0.2, 0.25) is 0 Å². The number of esters is 1. The number of carbonyl (C=O) groups is 1. The molecule has 1 heterocycles. The van der Waals surface area contributed by atoms with Crippen molar-refractivity contribution < 1.29 is 13.9 Å². The van der Waals surface area contributed by atoms with Crippen LogP contribution >= 0.6 is 0 Å². The average molecular weight is 462 g/mol. The first-order chi connectivity index (χ1) is 16.5. The summed E-state index contributed by atoms with van der Waals surface area (Å²) < 4.78 is 11.8. The van der Waals surface area contributed by atoms with E-state index in [1.54, 1.807) is 18.2 Å². The number of carbonyl (C=O) groups excluding carboxylic acids is 1. The highest BCUT2D eigenvalue weighted by Gasteiger charge is 2.44. The summed E-state index contributed by atoms with van der Waals surface area (Å²) in [7, 11) is 0. The second-order valence-electron chi connectivity index (χ2n) is 9.20. The predicted molar refractivity (Wildman–Crippen MR) is 136 cm³/mol. The van der Waals surface area contributed by atoms with Crippen LogP contribution in [0.3, 0.4) is 0 Å². The molecule has 0 amide bonds. The fourth-order valence-electron chi connectivity index (χ4n) is 4.89. The Kier molecular flexibility index (Phi) is 7.52. The largest absolute Gasteiger partial charge is 0.461 e. The Bertz CT molecular complexity index is 1220. The smallest absolute Gasteiger partial charge is 0.338 e. The lowest BCUT2D eigenvalue weighted by Gasteiger charge is -2.17. The van der Waals surface area contributed by atoms with Crippen LogP contribution in [0.4, 0.5) is 0 Å². The van der Waals surface area contributed by atoms with Crippen molar-refractivity contribution in [3.05, 3.63) is 80.7 Å². The molecule has 0 bridgehead atoms. The molecular formula is C29H35NO4. The Hall–Kier alpha value is -2.92. The number of hydrogen-bond donors (Lipinski definition) is 0. The fourth-order valence-corrected chi connectivity index (χ4v) is 4.89. The molecule has 0 N–H and O–H groups in total. The van der Waals surface area contributed by atoms with Gasteiger partial charge in [-0.1, -0.05) is 51.5 Å². The predicted octanol–water partition coefficient (Wildman–Crippen LogP) is 5.82. The van der Waals surface area contributed by atoms with Crippen molar-refractivity contribution in [2.45, 2.75) is 58.8 Å². The highest BCUT2D eigenvalue weighted by Crippen LogP contribution is 2.56. The first-order valence-electron chi connectivity index (χ1n) is 12.5. The monoisotopic (exact) mass is 461 g/mol. The number of aryl methyl sites for hydroxylation is 1. The first kappa shape index (κ1) is 24.2. The van der Waals surface area contributed by atoms with Crippen molar-refractivity contribution in [1.82, 2.24) is 4.90 Å². The van der Waals surface area contributed by atoms with Crippen molar-refractivity contribution in [3.8, 4) is 0 Å². The van der Waals surface area contributed by atoms with Crippen LogP contribution in [-0.2, 0) is 11.2 Å². The van der Waals surface area contributed by atoms with Crippen molar-refractivity contribution in [3.63, 3.8) is 0 Å². The quantitative estimate of drug-likeness (QED) is 0.356. The van der Waals surface area contributed by atoms with Crippen LogP contribution in [0, 0.1) is 6.92 Å². The number of hydrogen-bond acceptors (Lipinski definition) is 5. The van der Waals surface area contributed by atoms with Crippen LogP contribution in [0.15, 0.2) is 51.7 Å². The van der Waals surface area contributed by atoms with Crippen LogP contribution in [0.5, 0.6) is 0 Å². The highest BCUT2D eigenvalue weighted by molar-refractivity contribution is 5.94. The first-order valence-corrected chi connectivity index (χ1v) is 12.5. The lowest BCUT2D eigenvalue weighted by molar-refractivity contribution is 0.0466. The maximum atomic E-state index is 13.5. The molecule has 1 aliphatic carbocycles. The molecule has 3 aromatic rings. The fraction of sp³-hybridized carbons (Fsp3) is 0.448. The maximum absolute atomic E-state index is 13.5. The number of nitrogens with zero attached hydrogens (tertiary/aromatic N) is 1. The van der Waals surface area contributed by atoms with Gasteiger partial charge < -0.3 is 14.1 Å². The minimum atomic E-state index is -0.406. The van der Waals surface area contributed by atoms with Crippen molar-refractivity contribution in [1.29, 1.82) is 0 Å². The summed E-state index contributed by atoms with van der Waals surface area (Å²) in [5.41, 5.74) is 4.27. The molecule has 0 spiro atoms. The van der Waals surface area contributed by atoms with Crippen LogP contribution in [0.25, 0.3) is 11.0 Å². The standard InChI is InChI=1S/C29H35NO4/c1-5-10-22-27(31)25-17-20(29(32)33-16-15-30(6-2)7-3)13-14-26(25)34-28(22)24-18-23(24)21-12-9-8-11-19(21)4/h8-9,11-14,17,23-24H,5-7,10,15-16,18H2,1-4H3. The molecule has 0 radical (unpaired) electrons. The molecule has 1 aliphatic rings. The molecule has 2 aromatic carbocycles. The molecule has 34 heavy (non-hydrogen) atoms. The zero-order chi connectivity index (χ0) is 24.2. The van der Waals surface area contributed by atoms with E-state index in [1.807, 2.05) is 0 Å². The van der Waals surface area contributed by atoms with Gasteiger partial charge in [-0.15, -0.1) is 0 Å². The Morgan fingerprint density at radius 3 is 2.56 bits per heavy atom. The van der Waals surface area contributed by atoms with E-state index in [2.05, 4.69) is 56.9 Å². The third-order valence-electron chi connectivity index (χ3n) is 7.00. The normalized spacial score (nSPS) is 17.3. The van der Waals surface area contributed by atoms with Gasteiger partial charge in [0.05, 0.1) is 10.9 Å². The molecular weight excluding hydrogens is 426 g/mol. The van der Waals surface area contributed by atoms with E-state index in [4.69, 9.17) is 9.15 Å². The van der Waals surface area contributed by atoms with E-state index in [9.17, 15) is 9.59 Å². The van der Waals surface area contributed by atoms with E-state index >= 15 is 0 Å². The van der Waals surface area contributed by atoms with E-state index < -0.39 is 5.97 Å². The third-order valence-corrected chi connectivity index (χ3v) is 7.00. The SMILES string of the molecule is CCCc1c(C2CC2c2ccccc2C)oc2ccc(C(=O)OCCN(CC)CC)cc2c1=O. The molecule has 5 heteroatoms. The van der Waals surface area contributed by atoms with Gasteiger partial charge in [0.15, 0.2) is 5.43 Å². The van der Waals surface area contributed by atoms with E-state index in [0.717, 1.165) is 37.3 Å². The second-order valence-corrected chi connectivity index (χ2v) is 9.20. The lowest BCUT2D eigenvalue weighted by atomic mass is 9.98. The highest BCUT2D eigenvalue weighted by atomic mass is 16.5. The summed E-state index contributed by atoms with van der Waals surface area (Å²) in [5.74, 6) is 1.03. The summed E-state index contributed by atoms with van der Waals surface area (Å²) in [5, 5.41) is 0.457. The topological polar surface area (TPSA) is 59.8 Å². The molecule has 0 saturated heterocycles. The minimum Gasteiger partial charge on any atom is -0.461 e.